The minimum atomic E-state index is -0.396. The maximum Gasteiger partial charge on any atom is 0.0537 e. The topological polar surface area (TPSA) is 8.17 Å². The van der Waals surface area contributed by atoms with Gasteiger partial charge < -0.3 is 9.47 Å². The highest BCUT2D eigenvalue weighted by atomic mass is 15.2. The van der Waals surface area contributed by atoms with E-state index in [2.05, 4.69) is 278 Å². The van der Waals surface area contributed by atoms with Gasteiger partial charge in [0.25, 0.3) is 0 Å². The van der Waals surface area contributed by atoms with Gasteiger partial charge in [0.05, 0.1) is 16.6 Å². The molecule has 14 rings (SSSR count). The van der Waals surface area contributed by atoms with Gasteiger partial charge in [0.15, 0.2) is 0 Å². The van der Waals surface area contributed by atoms with Crippen LogP contribution in [-0.2, 0) is 0 Å². The third-order valence-corrected chi connectivity index (χ3v) is 16.1. The van der Waals surface area contributed by atoms with E-state index in [1.165, 1.54) is 116 Å². The lowest BCUT2D eigenvalue weighted by atomic mass is 9.53. The summed E-state index contributed by atoms with van der Waals surface area (Å²) in [5.74, 6) is 0.246. The zero-order valence-corrected chi connectivity index (χ0v) is 39.8. The largest absolute Gasteiger partial charge is 0.313 e. The molecule has 0 radical (unpaired) electrons. The minimum Gasteiger partial charge on any atom is -0.313 e. The maximum absolute atomic E-state index is 2.63. The number of hydrogen-bond donors (Lipinski definition) is 0. The van der Waals surface area contributed by atoms with Crippen LogP contribution < -0.4 is 4.90 Å². The van der Waals surface area contributed by atoms with Crippen LogP contribution in [0.25, 0.3) is 94.3 Å². The molecule has 1 aromatic heterocycles. The van der Waals surface area contributed by atoms with Crippen molar-refractivity contribution in [3.05, 3.63) is 271 Å². The first kappa shape index (κ1) is 41.3. The molecule has 1 spiro atoms. The number of hydrogen-bond acceptors (Lipinski definition) is 1. The number of para-hydroxylation sites is 2. The van der Waals surface area contributed by atoms with Gasteiger partial charge >= 0.3 is 0 Å². The van der Waals surface area contributed by atoms with Crippen LogP contribution in [0.4, 0.5) is 11.4 Å². The Morgan fingerprint density at radius 3 is 1.63 bits per heavy atom. The van der Waals surface area contributed by atoms with E-state index in [4.69, 9.17) is 0 Å². The Morgan fingerprint density at radius 1 is 0.423 bits per heavy atom. The van der Waals surface area contributed by atoms with Crippen LogP contribution in [0.1, 0.15) is 36.6 Å². The number of fused-ring (bicyclic) bond motifs is 7. The Balaban J connectivity index is 0.991. The van der Waals surface area contributed by atoms with Crippen LogP contribution in [0.15, 0.2) is 254 Å². The minimum absolute atomic E-state index is 0.0613. The molecule has 3 unspecified atom stereocenters. The summed E-state index contributed by atoms with van der Waals surface area (Å²) >= 11 is 0. The zero-order valence-electron chi connectivity index (χ0n) is 39.8. The SMILES string of the molecule is CC1C=CC=C2N(c3ccc(-c4ccccc4-c4ccccc4)cc3)c3ccccc3C3=Cc4c(n(-c5cc(-c6cccc7ccccc67)cc(-c6cccc7ccccc67)c5)c5ccccc45)C(C)C321. The number of aromatic nitrogens is 1. The smallest absolute Gasteiger partial charge is 0.0537 e. The molecule has 3 atom stereocenters. The summed E-state index contributed by atoms with van der Waals surface area (Å²) in [7, 11) is 0. The monoisotopic (exact) mass is 906 g/mol. The summed E-state index contributed by atoms with van der Waals surface area (Å²) in [5.41, 5.74) is 20.8. The number of nitrogens with zero attached hydrogens (tertiary/aromatic N) is 2. The van der Waals surface area contributed by atoms with Crippen molar-refractivity contribution < 1.29 is 0 Å². The molecular formula is C69H50N2. The van der Waals surface area contributed by atoms with Crippen molar-refractivity contribution in [1.29, 1.82) is 0 Å². The van der Waals surface area contributed by atoms with Crippen molar-refractivity contribution in [1.82, 2.24) is 4.57 Å². The number of allylic oxidation sites excluding steroid dienone is 4. The molecule has 0 fully saturated rings. The highest BCUT2D eigenvalue weighted by Gasteiger charge is 2.56. The average molecular weight is 907 g/mol. The third kappa shape index (κ3) is 6.21. The summed E-state index contributed by atoms with van der Waals surface area (Å²) < 4.78 is 2.63. The van der Waals surface area contributed by atoms with Gasteiger partial charge in [0.2, 0.25) is 0 Å². The normalized spacial score (nSPS) is 17.9. The Bertz CT molecular complexity index is 3920. The number of benzene rings is 10. The molecule has 71 heavy (non-hydrogen) atoms. The molecule has 0 saturated carbocycles. The highest BCUT2D eigenvalue weighted by Crippen LogP contribution is 2.67. The van der Waals surface area contributed by atoms with E-state index in [1.54, 1.807) is 0 Å². The predicted molar refractivity (Wildman–Crippen MR) is 300 cm³/mol. The fourth-order valence-corrected chi connectivity index (χ4v) is 13.0. The molecule has 0 bridgehead atoms. The average Bonchev–Trinajstić information content (AvgIpc) is 3.77. The van der Waals surface area contributed by atoms with Gasteiger partial charge in [-0.1, -0.05) is 214 Å². The van der Waals surface area contributed by atoms with Crippen molar-refractivity contribution in [2.45, 2.75) is 19.8 Å². The second-order valence-corrected chi connectivity index (χ2v) is 19.7. The third-order valence-electron chi connectivity index (χ3n) is 16.1. The highest BCUT2D eigenvalue weighted by molar-refractivity contribution is 6.07. The second-order valence-electron chi connectivity index (χ2n) is 19.7. The van der Waals surface area contributed by atoms with Crippen molar-refractivity contribution in [2.24, 2.45) is 11.3 Å². The number of anilines is 2. The summed E-state index contributed by atoms with van der Waals surface area (Å²) in [5, 5.41) is 6.26. The van der Waals surface area contributed by atoms with Gasteiger partial charge in [-0.3, -0.25) is 0 Å². The van der Waals surface area contributed by atoms with Gasteiger partial charge in [-0.2, -0.15) is 0 Å². The van der Waals surface area contributed by atoms with Crippen molar-refractivity contribution in [3.63, 3.8) is 0 Å². The van der Waals surface area contributed by atoms with Crippen LogP contribution in [0.5, 0.6) is 0 Å². The summed E-state index contributed by atoms with van der Waals surface area (Å²) in [6.07, 6.45) is 9.74. The van der Waals surface area contributed by atoms with E-state index >= 15 is 0 Å². The molecule has 2 aliphatic carbocycles. The van der Waals surface area contributed by atoms with E-state index in [0.29, 0.717) is 0 Å². The van der Waals surface area contributed by atoms with E-state index in [-0.39, 0.29) is 11.8 Å². The molecule has 2 nitrogen and oxygen atoms in total. The molecule has 0 N–H and O–H groups in total. The Labute approximate surface area is 415 Å². The Morgan fingerprint density at radius 2 is 0.958 bits per heavy atom. The molecule has 0 saturated heterocycles. The van der Waals surface area contributed by atoms with Crippen LogP contribution >= 0.6 is 0 Å². The van der Waals surface area contributed by atoms with E-state index in [9.17, 15) is 0 Å². The van der Waals surface area contributed by atoms with Gasteiger partial charge in [0, 0.05) is 45.2 Å². The summed E-state index contributed by atoms with van der Waals surface area (Å²) in [4.78, 5) is 2.58. The first-order valence-electron chi connectivity index (χ1n) is 25.1. The molecule has 3 aliphatic rings. The van der Waals surface area contributed by atoms with E-state index in [0.717, 1.165) is 5.69 Å². The van der Waals surface area contributed by atoms with Gasteiger partial charge in [-0.25, -0.2) is 0 Å². The molecule has 336 valence electrons. The molecule has 1 aliphatic heterocycles. The van der Waals surface area contributed by atoms with Crippen LogP contribution in [0.2, 0.25) is 0 Å². The van der Waals surface area contributed by atoms with Gasteiger partial charge in [0.1, 0.15) is 0 Å². The molecule has 2 heteroatoms. The molecule has 0 amide bonds. The van der Waals surface area contributed by atoms with Crippen LogP contribution in [-0.4, -0.2) is 4.57 Å². The van der Waals surface area contributed by atoms with Gasteiger partial charge in [-0.05, 0) is 132 Å². The van der Waals surface area contributed by atoms with Gasteiger partial charge in [-0.15, -0.1) is 0 Å². The van der Waals surface area contributed by atoms with Crippen LogP contribution in [0, 0.1) is 11.3 Å². The van der Waals surface area contributed by atoms with Crippen molar-refractivity contribution >= 4 is 55.5 Å². The standard InChI is InChI=1S/C69H50N2/c1-45-19-16-36-67-69(45)46(2)68-63(44-64(69)62-31-13-15-35-66(62)70(67)53-39-37-50(38-40-53)58-29-11-10-28-55(58)47-20-4-3-5-21-47)61-30-12-14-34-65(61)71(68)54-42-51(59-32-17-24-48-22-6-8-26-56(48)59)41-52(43-54)60-33-18-25-49-23-7-9-27-57(49)60/h3-46H,1-2H3. The molecule has 2 heterocycles. The Hall–Kier alpha value is -8.72. The predicted octanol–water partition coefficient (Wildman–Crippen LogP) is 18.5. The lowest BCUT2D eigenvalue weighted by molar-refractivity contribution is 0.295. The fraction of sp³-hybridized carbons (Fsp3) is 0.0725. The summed E-state index contributed by atoms with van der Waals surface area (Å²) in [6.45, 7) is 4.96. The molecule has 11 aromatic rings. The lowest BCUT2D eigenvalue weighted by Gasteiger charge is -2.56. The van der Waals surface area contributed by atoms with E-state index < -0.39 is 5.41 Å². The Kier molecular flexibility index (Phi) is 9.41. The summed E-state index contributed by atoms with van der Waals surface area (Å²) in [6, 6.07) is 85.4. The molecular weight excluding hydrogens is 857 g/mol. The van der Waals surface area contributed by atoms with E-state index in [1.807, 2.05) is 0 Å². The maximum atomic E-state index is 2.63. The quantitative estimate of drug-likeness (QED) is 0.161. The van der Waals surface area contributed by atoms with Crippen LogP contribution in [0.3, 0.4) is 0 Å². The second kappa shape index (κ2) is 16.2. The fourth-order valence-electron chi connectivity index (χ4n) is 13.0. The zero-order chi connectivity index (χ0) is 47.2. The first-order valence-corrected chi connectivity index (χ1v) is 25.1. The molecule has 10 aromatic carbocycles. The van der Waals surface area contributed by atoms with Crippen molar-refractivity contribution in [3.8, 4) is 50.2 Å². The number of rotatable bonds is 6. The van der Waals surface area contributed by atoms with Crippen molar-refractivity contribution in [2.75, 3.05) is 4.90 Å². The first-order chi connectivity index (χ1) is 35.1. The lowest BCUT2D eigenvalue weighted by Crippen LogP contribution is -2.48.